The zero-order valence-corrected chi connectivity index (χ0v) is 40.7. The van der Waals surface area contributed by atoms with Gasteiger partial charge in [-0.15, -0.1) is 0 Å². The van der Waals surface area contributed by atoms with E-state index in [2.05, 4.69) is 5.32 Å². The second-order valence-electron chi connectivity index (χ2n) is 18.1. The highest BCUT2D eigenvalue weighted by atomic mass is 35.5. The molecule has 8 rings (SSSR count). The summed E-state index contributed by atoms with van der Waals surface area (Å²) in [5.41, 5.74) is 14.7. The molecule has 4 fully saturated rings. The van der Waals surface area contributed by atoms with E-state index in [0.717, 1.165) is 62.7 Å². The second-order valence-corrected chi connectivity index (χ2v) is 18.5. The third-order valence-corrected chi connectivity index (χ3v) is 13.9. The van der Waals surface area contributed by atoms with Gasteiger partial charge in [-0.3, -0.25) is 29.4 Å². The van der Waals surface area contributed by atoms with Crippen LogP contribution in [0.3, 0.4) is 0 Å². The highest BCUT2D eigenvalue weighted by Gasteiger charge is 2.33. The first-order valence-electron chi connectivity index (χ1n) is 24.2. The van der Waals surface area contributed by atoms with Gasteiger partial charge in [0.1, 0.15) is 12.4 Å². The van der Waals surface area contributed by atoms with Gasteiger partial charge < -0.3 is 40.2 Å². The Labute approximate surface area is 413 Å². The Morgan fingerprint density at radius 3 is 2.09 bits per heavy atom. The zero-order valence-electron chi connectivity index (χ0n) is 40.0. The number of halogens is 2. The van der Waals surface area contributed by atoms with Gasteiger partial charge in [0, 0.05) is 86.3 Å². The van der Waals surface area contributed by atoms with Gasteiger partial charge in [-0.05, 0) is 92.1 Å². The number of benzene rings is 4. The summed E-state index contributed by atoms with van der Waals surface area (Å²) in [5, 5.41) is 2.60. The number of imide groups is 1. The fourth-order valence-electron chi connectivity index (χ4n) is 9.77. The number of hydrogen-bond donors (Lipinski definition) is 3. The normalized spacial score (nSPS) is 17.6. The van der Waals surface area contributed by atoms with Crippen molar-refractivity contribution in [2.75, 3.05) is 71.6 Å². The van der Waals surface area contributed by atoms with Crippen LogP contribution in [-0.2, 0) is 19.1 Å². The number of hydrogen-bond acceptors (Lipinski definition) is 10. The standard InChI is InChI=1S/C29H40N4O6.C24H24ClFN2O3/c1-38-25-8-7-21(19-24(25)33-18-13-26(34)30-29(33)37)28(36)32-16-11-23(12-17-32)39-22-9-14-31(15-10-22)27(35)20-5-3-2-4-6-20;1-30-11-12-31-21-10-8-17(24(28)29)22(23(21)26)18-13-16(7-9-20(18)25)19(14-27)15-5-3-2-4-6-15/h7-8,19-20,22-23H,2-6,9-18H2,1H3,(H,30,34,37);2-10,13,19H,11-12,14,27H2,1H3,(H2,28,29). The van der Waals surface area contributed by atoms with E-state index in [1.807, 2.05) is 46.2 Å². The number of piperidine rings is 2. The number of rotatable bonds is 15. The molecule has 4 aromatic rings. The molecule has 0 radical (unpaired) electrons. The van der Waals surface area contributed by atoms with Gasteiger partial charge in [0.25, 0.3) is 5.91 Å². The van der Waals surface area contributed by atoms with Gasteiger partial charge in [0.05, 0.1) is 37.2 Å². The Bertz CT molecular complexity index is 2470. The number of likely N-dealkylation sites (tertiary alicyclic amines) is 2. The van der Waals surface area contributed by atoms with Crippen LogP contribution in [0.5, 0.6) is 11.5 Å². The van der Waals surface area contributed by atoms with Crippen molar-refractivity contribution in [2.24, 2.45) is 17.4 Å². The number of carbonyl (C=O) groups is 5. The first-order chi connectivity index (χ1) is 33.9. The largest absolute Gasteiger partial charge is 0.495 e. The van der Waals surface area contributed by atoms with Gasteiger partial charge >= 0.3 is 6.03 Å². The molecule has 374 valence electrons. The number of ether oxygens (including phenoxy) is 4. The SMILES string of the molecule is COCCOc1ccc(C(N)=O)c(-c2cc(C(CN)c3ccccc3)ccc2Cl)c1F.COc1ccc(C(=O)N2CCC(OC3CCN(C(=O)C4CCCCC4)CC3)CC2)cc1N1CCC(=O)NC1=O. The molecule has 5 N–H and O–H groups in total. The van der Waals surface area contributed by atoms with Crippen LogP contribution in [0.25, 0.3) is 11.1 Å². The van der Waals surface area contributed by atoms with E-state index < -0.39 is 17.8 Å². The van der Waals surface area contributed by atoms with Crippen molar-refractivity contribution < 1.29 is 47.3 Å². The molecule has 4 aliphatic rings. The van der Waals surface area contributed by atoms with Crippen molar-refractivity contribution in [1.29, 1.82) is 0 Å². The average molecular weight is 984 g/mol. The highest BCUT2D eigenvalue weighted by molar-refractivity contribution is 6.33. The number of carbonyl (C=O) groups excluding carboxylic acids is 5. The minimum absolute atomic E-state index is 0.00176. The third kappa shape index (κ3) is 12.6. The van der Waals surface area contributed by atoms with Gasteiger partial charge in [-0.25, -0.2) is 9.18 Å². The lowest BCUT2D eigenvalue weighted by atomic mass is 9.88. The molecular formula is C53H64ClFN6O9. The smallest absolute Gasteiger partial charge is 0.328 e. The summed E-state index contributed by atoms with van der Waals surface area (Å²) in [6.07, 6.45) is 9.45. The maximum absolute atomic E-state index is 15.5. The van der Waals surface area contributed by atoms with Gasteiger partial charge in [0.15, 0.2) is 11.6 Å². The first kappa shape index (κ1) is 51.8. The topological polar surface area (TPSA) is 196 Å². The molecule has 15 nitrogen and oxygen atoms in total. The minimum Gasteiger partial charge on any atom is -0.495 e. The lowest BCUT2D eigenvalue weighted by Gasteiger charge is -2.38. The summed E-state index contributed by atoms with van der Waals surface area (Å²) in [6, 6.07) is 22.4. The molecule has 1 aliphatic carbocycles. The number of urea groups is 1. The van der Waals surface area contributed by atoms with Crippen molar-refractivity contribution in [1.82, 2.24) is 15.1 Å². The molecule has 6 amide bonds. The van der Waals surface area contributed by atoms with E-state index in [1.165, 1.54) is 50.5 Å². The number of anilines is 1. The fraction of sp³-hybridized carbons (Fsp3) is 0.453. The van der Waals surface area contributed by atoms with E-state index in [0.29, 0.717) is 48.1 Å². The molecule has 3 heterocycles. The van der Waals surface area contributed by atoms with Crippen molar-refractivity contribution in [2.45, 2.75) is 82.3 Å². The van der Waals surface area contributed by atoms with Crippen LogP contribution in [0.4, 0.5) is 14.9 Å². The number of amides is 6. The molecule has 0 aromatic heterocycles. The van der Waals surface area contributed by atoms with E-state index in [4.69, 9.17) is 42.0 Å². The summed E-state index contributed by atoms with van der Waals surface area (Å²) >= 11 is 6.44. The molecule has 3 saturated heterocycles. The summed E-state index contributed by atoms with van der Waals surface area (Å²) in [6.45, 7) is 3.77. The summed E-state index contributed by atoms with van der Waals surface area (Å²) < 4.78 is 37.7. The Kier molecular flexibility index (Phi) is 18.2. The van der Waals surface area contributed by atoms with Crippen molar-refractivity contribution >= 4 is 46.9 Å². The van der Waals surface area contributed by atoms with Crippen LogP contribution in [0.15, 0.2) is 78.9 Å². The number of nitrogens with two attached hydrogens (primary N) is 2. The molecule has 3 aliphatic heterocycles. The number of nitrogens with zero attached hydrogens (tertiary/aromatic N) is 3. The maximum atomic E-state index is 15.5. The average Bonchev–Trinajstić information content (AvgIpc) is 3.38. The summed E-state index contributed by atoms with van der Waals surface area (Å²) in [5.74, 6) is -0.999. The molecule has 0 spiro atoms. The maximum Gasteiger partial charge on any atom is 0.328 e. The van der Waals surface area contributed by atoms with E-state index in [-0.39, 0.29) is 83.9 Å². The molecule has 4 aromatic carbocycles. The van der Waals surface area contributed by atoms with Crippen LogP contribution in [0, 0.1) is 11.7 Å². The number of primary amides is 1. The number of methoxy groups -OCH3 is 2. The van der Waals surface area contributed by atoms with Crippen LogP contribution in [0.1, 0.15) is 102 Å². The molecule has 17 heteroatoms. The van der Waals surface area contributed by atoms with E-state index in [1.54, 1.807) is 30.3 Å². The molecule has 0 bridgehead atoms. The zero-order chi connectivity index (χ0) is 49.7. The molecule has 1 saturated carbocycles. The third-order valence-electron chi connectivity index (χ3n) is 13.6. The quantitative estimate of drug-likeness (QED) is 0.0994. The Hall–Kier alpha value is -6.07. The predicted molar refractivity (Wildman–Crippen MR) is 265 cm³/mol. The summed E-state index contributed by atoms with van der Waals surface area (Å²) in [7, 11) is 3.03. The van der Waals surface area contributed by atoms with Crippen LogP contribution < -0.4 is 31.2 Å². The van der Waals surface area contributed by atoms with E-state index in [9.17, 15) is 24.0 Å². The van der Waals surface area contributed by atoms with Gasteiger partial charge in [-0.1, -0.05) is 67.3 Å². The monoisotopic (exact) mass is 982 g/mol. The molecule has 1 atom stereocenters. The lowest BCUT2D eigenvalue weighted by molar-refractivity contribution is -0.140. The minimum atomic E-state index is -0.766. The lowest BCUT2D eigenvalue weighted by Crippen LogP contribution is -2.49. The van der Waals surface area contributed by atoms with Gasteiger partial charge in [-0.2, -0.15) is 0 Å². The van der Waals surface area contributed by atoms with Crippen molar-refractivity contribution in [3.63, 3.8) is 0 Å². The van der Waals surface area contributed by atoms with E-state index >= 15 is 4.39 Å². The predicted octanol–water partition coefficient (Wildman–Crippen LogP) is 7.69. The Balaban J connectivity index is 0.000000212. The van der Waals surface area contributed by atoms with Crippen LogP contribution >= 0.6 is 11.6 Å². The molecular weight excluding hydrogens is 919 g/mol. The number of nitrogens with one attached hydrogen (secondary N) is 1. The molecule has 70 heavy (non-hydrogen) atoms. The summed E-state index contributed by atoms with van der Waals surface area (Å²) in [4.78, 5) is 67.5. The Morgan fingerprint density at radius 1 is 0.786 bits per heavy atom. The first-order valence-corrected chi connectivity index (χ1v) is 24.6. The second kappa shape index (κ2) is 24.7. The molecule has 1 unspecified atom stereocenters. The van der Waals surface area contributed by atoms with Crippen molar-refractivity contribution in [3.05, 3.63) is 112 Å². The Morgan fingerprint density at radius 2 is 1.46 bits per heavy atom. The highest BCUT2D eigenvalue weighted by Crippen LogP contribution is 2.39. The fourth-order valence-corrected chi connectivity index (χ4v) is 9.98. The van der Waals surface area contributed by atoms with Gasteiger partial charge in [0.2, 0.25) is 17.7 Å². The van der Waals surface area contributed by atoms with Crippen LogP contribution in [0.2, 0.25) is 5.02 Å². The van der Waals surface area contributed by atoms with Crippen LogP contribution in [-0.4, -0.2) is 118 Å². The van der Waals surface area contributed by atoms with Crippen molar-refractivity contribution in [3.8, 4) is 22.6 Å².